The number of amides is 1. The van der Waals surface area contributed by atoms with Crippen molar-refractivity contribution < 1.29 is 9.53 Å². The third kappa shape index (κ3) is 2.11. The molecule has 0 radical (unpaired) electrons. The Balaban J connectivity index is 2.15. The summed E-state index contributed by atoms with van der Waals surface area (Å²) in [6, 6.07) is 0. The predicted octanol–water partition coefficient (Wildman–Crippen LogP) is 0.768. The highest BCUT2D eigenvalue weighted by molar-refractivity contribution is 7.80. The Bertz CT molecular complexity index is 382. The molecule has 0 aliphatic carbocycles. The Morgan fingerprint density at radius 3 is 2.75 bits per heavy atom. The van der Waals surface area contributed by atoms with Crippen molar-refractivity contribution in [2.75, 3.05) is 24.3 Å². The van der Waals surface area contributed by atoms with Gasteiger partial charge in [-0.15, -0.1) is 0 Å². The summed E-state index contributed by atoms with van der Waals surface area (Å²) in [6.07, 6.45) is 3.65. The van der Waals surface area contributed by atoms with Gasteiger partial charge in [-0.25, -0.2) is 9.97 Å². The van der Waals surface area contributed by atoms with Crippen LogP contribution in [0.1, 0.15) is 6.42 Å². The van der Waals surface area contributed by atoms with Gasteiger partial charge in [-0.2, -0.15) is 12.6 Å². The third-order valence-electron chi connectivity index (χ3n) is 2.55. The van der Waals surface area contributed by atoms with E-state index in [1.54, 1.807) is 24.4 Å². The molecule has 2 heterocycles. The first-order valence-corrected chi connectivity index (χ1v) is 5.65. The summed E-state index contributed by atoms with van der Waals surface area (Å²) in [6.45, 7) is 0.647. The average molecular weight is 239 g/mol. The molecule has 1 amide bonds. The number of carbonyl (C=O) groups excluding carboxylic acids is 1. The van der Waals surface area contributed by atoms with E-state index in [1.807, 2.05) is 0 Å². The highest BCUT2D eigenvalue weighted by Crippen LogP contribution is 2.23. The van der Waals surface area contributed by atoms with E-state index < -0.39 is 0 Å². The molecule has 86 valence electrons. The number of ether oxygens (including phenoxy) is 1. The summed E-state index contributed by atoms with van der Waals surface area (Å²) in [5.41, 5.74) is 0. The lowest BCUT2D eigenvalue weighted by Crippen LogP contribution is -2.26. The molecule has 6 heteroatoms. The second-order valence-corrected chi connectivity index (χ2v) is 4.05. The molecule has 5 nitrogen and oxygen atoms in total. The van der Waals surface area contributed by atoms with Crippen LogP contribution in [0.5, 0.6) is 5.75 Å². The number of nitrogens with zero attached hydrogens (tertiary/aromatic N) is 3. The largest absolute Gasteiger partial charge is 0.494 e. The first kappa shape index (κ1) is 11.2. The molecule has 1 atom stereocenters. The molecule has 1 aliphatic rings. The Hall–Kier alpha value is -1.30. The lowest BCUT2D eigenvalue weighted by Gasteiger charge is -2.13. The molecule has 16 heavy (non-hydrogen) atoms. The third-order valence-corrected chi connectivity index (χ3v) is 3.07. The van der Waals surface area contributed by atoms with E-state index >= 15 is 0 Å². The van der Waals surface area contributed by atoms with E-state index in [2.05, 4.69) is 22.6 Å². The lowest BCUT2D eigenvalue weighted by atomic mass is 10.1. The van der Waals surface area contributed by atoms with Crippen molar-refractivity contribution in [3.63, 3.8) is 0 Å². The van der Waals surface area contributed by atoms with Gasteiger partial charge in [0.25, 0.3) is 0 Å². The molecule has 0 N–H and O–H groups in total. The van der Waals surface area contributed by atoms with Crippen LogP contribution in [0.3, 0.4) is 0 Å². The van der Waals surface area contributed by atoms with Gasteiger partial charge in [-0.3, -0.25) is 9.69 Å². The van der Waals surface area contributed by atoms with Crippen molar-refractivity contribution in [3.05, 3.63) is 12.4 Å². The van der Waals surface area contributed by atoms with E-state index in [9.17, 15) is 4.79 Å². The maximum absolute atomic E-state index is 11.7. The van der Waals surface area contributed by atoms with Gasteiger partial charge in [0.05, 0.1) is 19.5 Å². The second kappa shape index (κ2) is 4.69. The lowest BCUT2D eigenvalue weighted by molar-refractivity contribution is -0.117. The number of thiol groups is 1. The smallest absolute Gasteiger partial charge is 0.232 e. The van der Waals surface area contributed by atoms with Crippen molar-refractivity contribution in [3.8, 4) is 5.75 Å². The van der Waals surface area contributed by atoms with Crippen LogP contribution in [0.4, 0.5) is 5.95 Å². The van der Waals surface area contributed by atoms with Crippen LogP contribution in [-0.2, 0) is 4.79 Å². The molecule has 2 rings (SSSR count). The molecule has 0 saturated carbocycles. The zero-order chi connectivity index (χ0) is 11.5. The summed E-state index contributed by atoms with van der Waals surface area (Å²) in [7, 11) is 1.55. The highest BCUT2D eigenvalue weighted by atomic mass is 32.1. The minimum atomic E-state index is 0.0595. The fraction of sp³-hybridized carbons (Fsp3) is 0.500. The Morgan fingerprint density at radius 2 is 2.25 bits per heavy atom. The van der Waals surface area contributed by atoms with E-state index in [0.717, 1.165) is 0 Å². The molecule has 0 spiro atoms. The van der Waals surface area contributed by atoms with Gasteiger partial charge >= 0.3 is 0 Å². The molecule has 0 bridgehead atoms. The van der Waals surface area contributed by atoms with Crippen LogP contribution in [0.25, 0.3) is 0 Å². The van der Waals surface area contributed by atoms with Gasteiger partial charge < -0.3 is 4.74 Å². The fourth-order valence-electron chi connectivity index (χ4n) is 1.65. The molecule has 1 aromatic heterocycles. The van der Waals surface area contributed by atoms with Gasteiger partial charge in [0.1, 0.15) is 0 Å². The van der Waals surface area contributed by atoms with Crippen LogP contribution >= 0.6 is 12.6 Å². The molecule has 0 aromatic carbocycles. The molecule has 1 saturated heterocycles. The Labute approximate surface area is 99.2 Å². The summed E-state index contributed by atoms with van der Waals surface area (Å²) >= 11 is 4.20. The number of carbonyl (C=O) groups is 1. The van der Waals surface area contributed by atoms with E-state index in [1.165, 1.54) is 0 Å². The molecule has 1 unspecified atom stereocenters. The van der Waals surface area contributed by atoms with Crippen LogP contribution in [-0.4, -0.2) is 35.3 Å². The number of hydrogen-bond donors (Lipinski definition) is 1. The molecule has 1 fully saturated rings. The van der Waals surface area contributed by atoms with Gasteiger partial charge in [-0.05, 0) is 11.7 Å². The number of anilines is 1. The SMILES string of the molecule is COc1cnc(N2CC(CS)CC2=O)nc1. The zero-order valence-electron chi connectivity index (χ0n) is 8.96. The standard InChI is InChI=1S/C10H13N3O2S/c1-15-8-3-11-10(12-4-8)13-5-7(6-16)2-9(13)14/h3-4,7,16H,2,5-6H2,1H3. The quantitative estimate of drug-likeness (QED) is 0.792. The Morgan fingerprint density at radius 1 is 1.56 bits per heavy atom. The second-order valence-electron chi connectivity index (χ2n) is 3.68. The number of methoxy groups -OCH3 is 1. The predicted molar refractivity (Wildman–Crippen MR) is 62.9 cm³/mol. The first-order valence-electron chi connectivity index (χ1n) is 5.02. The van der Waals surface area contributed by atoms with Crippen molar-refractivity contribution in [1.82, 2.24) is 9.97 Å². The topological polar surface area (TPSA) is 55.3 Å². The van der Waals surface area contributed by atoms with E-state index in [-0.39, 0.29) is 5.91 Å². The van der Waals surface area contributed by atoms with Gasteiger partial charge in [0, 0.05) is 13.0 Å². The molecule has 1 aromatic rings. The van der Waals surface area contributed by atoms with Crippen LogP contribution in [0, 0.1) is 5.92 Å². The molecular formula is C10H13N3O2S. The van der Waals surface area contributed by atoms with Crippen molar-refractivity contribution in [2.24, 2.45) is 5.92 Å². The fourth-order valence-corrected chi connectivity index (χ4v) is 1.90. The van der Waals surface area contributed by atoms with Crippen molar-refractivity contribution in [1.29, 1.82) is 0 Å². The van der Waals surface area contributed by atoms with Crippen molar-refractivity contribution in [2.45, 2.75) is 6.42 Å². The minimum absolute atomic E-state index is 0.0595. The van der Waals surface area contributed by atoms with E-state index in [4.69, 9.17) is 4.74 Å². The van der Waals surface area contributed by atoms with Crippen LogP contribution in [0.15, 0.2) is 12.4 Å². The number of aromatic nitrogens is 2. The highest BCUT2D eigenvalue weighted by Gasteiger charge is 2.31. The Kier molecular flexibility index (Phi) is 3.28. The van der Waals surface area contributed by atoms with Crippen molar-refractivity contribution >= 4 is 24.5 Å². The summed E-state index contributed by atoms with van der Waals surface area (Å²) < 4.78 is 4.96. The monoisotopic (exact) mass is 239 g/mol. The van der Waals surface area contributed by atoms with Gasteiger partial charge in [-0.1, -0.05) is 0 Å². The van der Waals surface area contributed by atoms with E-state index in [0.29, 0.717) is 36.3 Å². The average Bonchev–Trinajstić information content (AvgIpc) is 2.71. The van der Waals surface area contributed by atoms with Crippen LogP contribution < -0.4 is 9.64 Å². The normalized spacial score (nSPS) is 20.2. The summed E-state index contributed by atoms with van der Waals surface area (Å²) in [5, 5.41) is 0. The van der Waals surface area contributed by atoms with Gasteiger partial charge in [0.15, 0.2) is 5.75 Å². The minimum Gasteiger partial charge on any atom is -0.494 e. The maximum atomic E-state index is 11.7. The van der Waals surface area contributed by atoms with Gasteiger partial charge in [0.2, 0.25) is 11.9 Å². The zero-order valence-corrected chi connectivity index (χ0v) is 9.85. The summed E-state index contributed by atoms with van der Waals surface area (Å²) in [4.78, 5) is 21.5. The van der Waals surface area contributed by atoms with Crippen LogP contribution in [0.2, 0.25) is 0 Å². The maximum Gasteiger partial charge on any atom is 0.232 e. The number of rotatable bonds is 3. The molecular weight excluding hydrogens is 226 g/mol. The molecule has 1 aliphatic heterocycles. The number of hydrogen-bond acceptors (Lipinski definition) is 5. The summed E-state index contributed by atoms with van der Waals surface area (Å²) in [5.74, 6) is 2.08. The first-order chi connectivity index (χ1) is 7.74.